The molecule has 4 nitrogen and oxygen atoms in total. The maximum absolute atomic E-state index is 13.4. The molecule has 2 N–H and O–H groups in total. The van der Waals surface area contributed by atoms with Gasteiger partial charge in [0.05, 0.1) is 16.8 Å². The van der Waals surface area contributed by atoms with Crippen LogP contribution in [0.4, 0.5) is 10.1 Å². The Balaban J connectivity index is 2.31. The quantitative estimate of drug-likeness (QED) is 0.890. The monoisotopic (exact) mass is 259 g/mol. The number of carboxylic acids is 1. The SMILES string of the molecule is O=C(O)c1ccccc1C(=O)Nc1ccccc1F. The average Bonchev–Trinajstić information content (AvgIpc) is 2.41. The minimum atomic E-state index is -1.21. The molecule has 0 aliphatic heterocycles. The second-order valence-electron chi connectivity index (χ2n) is 3.78. The Morgan fingerprint density at radius 1 is 0.947 bits per heavy atom. The fourth-order valence-electron chi connectivity index (χ4n) is 1.62. The molecular formula is C14H10FNO3. The third-order valence-corrected chi connectivity index (χ3v) is 2.52. The highest BCUT2D eigenvalue weighted by atomic mass is 19.1. The first-order valence-electron chi connectivity index (χ1n) is 5.48. The lowest BCUT2D eigenvalue weighted by atomic mass is 10.1. The highest BCUT2D eigenvalue weighted by Crippen LogP contribution is 2.16. The molecule has 0 aliphatic rings. The molecule has 19 heavy (non-hydrogen) atoms. The van der Waals surface area contributed by atoms with Crippen LogP contribution in [0.15, 0.2) is 48.5 Å². The summed E-state index contributed by atoms with van der Waals surface area (Å²) in [5.74, 6) is -2.45. The first kappa shape index (κ1) is 12.8. The summed E-state index contributed by atoms with van der Waals surface area (Å²) in [6.45, 7) is 0. The van der Waals surface area contributed by atoms with E-state index in [0.29, 0.717) is 0 Å². The Kier molecular flexibility index (Phi) is 3.56. The normalized spacial score (nSPS) is 9.95. The Bertz CT molecular complexity index is 640. The summed E-state index contributed by atoms with van der Waals surface area (Å²) < 4.78 is 13.4. The minimum Gasteiger partial charge on any atom is -0.478 e. The van der Waals surface area contributed by atoms with Gasteiger partial charge in [-0.2, -0.15) is 0 Å². The summed E-state index contributed by atoms with van der Waals surface area (Å²) in [4.78, 5) is 22.9. The maximum atomic E-state index is 13.4. The molecule has 1 amide bonds. The van der Waals surface area contributed by atoms with E-state index in [0.717, 1.165) is 0 Å². The van der Waals surface area contributed by atoms with Gasteiger partial charge in [0.1, 0.15) is 5.82 Å². The first-order valence-corrected chi connectivity index (χ1v) is 5.48. The van der Waals surface area contributed by atoms with Crippen molar-refractivity contribution in [3.63, 3.8) is 0 Å². The van der Waals surface area contributed by atoms with Gasteiger partial charge in [0.25, 0.3) is 5.91 Å². The molecule has 0 saturated carbocycles. The maximum Gasteiger partial charge on any atom is 0.336 e. The summed E-state index contributed by atoms with van der Waals surface area (Å²) >= 11 is 0. The molecule has 0 bridgehead atoms. The van der Waals surface area contributed by atoms with Gasteiger partial charge in [0.15, 0.2) is 0 Å². The molecule has 0 saturated heterocycles. The predicted octanol–water partition coefficient (Wildman–Crippen LogP) is 2.78. The van der Waals surface area contributed by atoms with Gasteiger partial charge in [-0.1, -0.05) is 24.3 Å². The number of hydrogen-bond acceptors (Lipinski definition) is 2. The number of halogens is 1. The molecule has 0 aliphatic carbocycles. The van der Waals surface area contributed by atoms with Gasteiger partial charge in [0.2, 0.25) is 0 Å². The molecule has 2 aromatic carbocycles. The molecule has 0 radical (unpaired) electrons. The van der Waals surface area contributed by atoms with Crippen molar-refractivity contribution in [2.75, 3.05) is 5.32 Å². The molecule has 0 aromatic heterocycles. The molecule has 5 heteroatoms. The lowest BCUT2D eigenvalue weighted by Crippen LogP contribution is -2.16. The average molecular weight is 259 g/mol. The van der Waals surface area contributed by atoms with Crippen LogP contribution in [-0.4, -0.2) is 17.0 Å². The van der Waals surface area contributed by atoms with E-state index >= 15 is 0 Å². The number of aromatic carboxylic acids is 1. The largest absolute Gasteiger partial charge is 0.478 e. The summed E-state index contributed by atoms with van der Waals surface area (Å²) in [5, 5.41) is 11.3. The van der Waals surface area contributed by atoms with Gasteiger partial charge in [0, 0.05) is 0 Å². The second-order valence-corrected chi connectivity index (χ2v) is 3.78. The first-order chi connectivity index (χ1) is 9.09. The molecule has 0 unspecified atom stereocenters. The van der Waals surface area contributed by atoms with Crippen molar-refractivity contribution in [2.24, 2.45) is 0 Å². The minimum absolute atomic E-state index is 0.00712. The van der Waals surface area contributed by atoms with Crippen molar-refractivity contribution < 1.29 is 19.1 Å². The van der Waals surface area contributed by atoms with Crippen LogP contribution in [0.2, 0.25) is 0 Å². The van der Waals surface area contributed by atoms with Gasteiger partial charge in [-0.05, 0) is 24.3 Å². The van der Waals surface area contributed by atoms with Gasteiger partial charge in [-0.3, -0.25) is 4.79 Å². The zero-order valence-electron chi connectivity index (χ0n) is 9.76. The van der Waals surface area contributed by atoms with Crippen LogP contribution in [-0.2, 0) is 0 Å². The molecule has 2 aromatic rings. The van der Waals surface area contributed by atoms with Crippen LogP contribution >= 0.6 is 0 Å². The number of nitrogens with one attached hydrogen (secondary N) is 1. The van der Waals surface area contributed by atoms with Crippen molar-refractivity contribution in [2.45, 2.75) is 0 Å². The number of carbonyl (C=O) groups is 2. The van der Waals surface area contributed by atoms with Crippen LogP contribution in [0.1, 0.15) is 20.7 Å². The van der Waals surface area contributed by atoms with E-state index in [4.69, 9.17) is 5.11 Å². The molecule has 0 fully saturated rings. The van der Waals surface area contributed by atoms with Gasteiger partial charge in [-0.15, -0.1) is 0 Å². The summed E-state index contributed by atoms with van der Waals surface area (Å²) in [6.07, 6.45) is 0. The van der Waals surface area contributed by atoms with E-state index in [-0.39, 0.29) is 16.8 Å². The fourth-order valence-corrected chi connectivity index (χ4v) is 1.62. The number of anilines is 1. The van der Waals surface area contributed by atoms with Crippen LogP contribution in [0, 0.1) is 5.82 Å². The molecule has 0 spiro atoms. The fraction of sp³-hybridized carbons (Fsp3) is 0. The predicted molar refractivity (Wildman–Crippen MR) is 67.8 cm³/mol. The van der Waals surface area contributed by atoms with Gasteiger partial charge < -0.3 is 10.4 Å². The number of carbonyl (C=O) groups excluding carboxylic acids is 1. The second kappa shape index (κ2) is 5.30. The number of para-hydroxylation sites is 1. The summed E-state index contributed by atoms with van der Waals surface area (Å²) in [7, 11) is 0. The lowest BCUT2D eigenvalue weighted by Gasteiger charge is -2.08. The van der Waals surface area contributed by atoms with E-state index in [1.807, 2.05) is 0 Å². The highest BCUT2D eigenvalue weighted by molar-refractivity contribution is 6.10. The van der Waals surface area contributed by atoms with Crippen LogP contribution in [0.25, 0.3) is 0 Å². The van der Waals surface area contributed by atoms with E-state index in [2.05, 4.69) is 5.32 Å². The zero-order chi connectivity index (χ0) is 13.8. The van der Waals surface area contributed by atoms with Crippen LogP contribution in [0.5, 0.6) is 0 Å². The number of hydrogen-bond donors (Lipinski definition) is 2. The molecule has 0 atom stereocenters. The van der Waals surface area contributed by atoms with E-state index < -0.39 is 17.7 Å². The van der Waals surface area contributed by atoms with E-state index in [1.165, 1.54) is 36.4 Å². The smallest absolute Gasteiger partial charge is 0.336 e. The van der Waals surface area contributed by atoms with E-state index in [1.54, 1.807) is 12.1 Å². The van der Waals surface area contributed by atoms with Crippen LogP contribution < -0.4 is 5.32 Å². The van der Waals surface area contributed by atoms with E-state index in [9.17, 15) is 14.0 Å². The topological polar surface area (TPSA) is 66.4 Å². The van der Waals surface area contributed by atoms with Crippen molar-refractivity contribution in [3.05, 3.63) is 65.5 Å². The zero-order valence-corrected chi connectivity index (χ0v) is 9.76. The van der Waals surface area contributed by atoms with Crippen LogP contribution in [0.3, 0.4) is 0 Å². The summed E-state index contributed by atoms with van der Waals surface area (Å²) in [6, 6.07) is 11.4. The highest BCUT2D eigenvalue weighted by Gasteiger charge is 2.16. The van der Waals surface area contributed by atoms with Gasteiger partial charge in [-0.25, -0.2) is 9.18 Å². The Hall–Kier alpha value is -2.69. The number of benzene rings is 2. The molecular weight excluding hydrogens is 249 g/mol. The number of carboxylic acid groups (broad SMARTS) is 1. The summed E-state index contributed by atoms with van der Waals surface area (Å²) in [5.41, 5.74) is -0.137. The Morgan fingerprint density at radius 2 is 1.53 bits per heavy atom. The third kappa shape index (κ3) is 2.77. The van der Waals surface area contributed by atoms with Crippen molar-refractivity contribution in [1.82, 2.24) is 0 Å². The third-order valence-electron chi connectivity index (χ3n) is 2.52. The van der Waals surface area contributed by atoms with Crippen molar-refractivity contribution in [3.8, 4) is 0 Å². The van der Waals surface area contributed by atoms with Crippen molar-refractivity contribution >= 4 is 17.6 Å². The van der Waals surface area contributed by atoms with Crippen molar-refractivity contribution in [1.29, 1.82) is 0 Å². The Morgan fingerprint density at radius 3 is 2.16 bits per heavy atom. The number of amides is 1. The number of rotatable bonds is 3. The Labute approximate surface area is 108 Å². The molecule has 2 rings (SSSR count). The van der Waals surface area contributed by atoms with Gasteiger partial charge >= 0.3 is 5.97 Å². The molecule has 0 heterocycles. The standard InChI is InChI=1S/C14H10FNO3/c15-11-7-3-4-8-12(11)16-13(17)9-5-1-2-6-10(9)14(18)19/h1-8H,(H,16,17)(H,18,19). The molecule has 96 valence electrons. The lowest BCUT2D eigenvalue weighted by molar-refractivity contribution is 0.0692.